The van der Waals surface area contributed by atoms with E-state index in [4.69, 9.17) is 0 Å². The number of carbonyl (C=O) groups is 1. The maximum atomic E-state index is 12.6. The van der Waals surface area contributed by atoms with Gasteiger partial charge in [-0.15, -0.1) is 0 Å². The number of anilines is 1. The highest BCUT2D eigenvalue weighted by atomic mass is 16.3. The van der Waals surface area contributed by atoms with Gasteiger partial charge in [0.25, 0.3) is 5.91 Å². The smallest absolute Gasteiger partial charge is 0.256 e. The molecule has 2 heterocycles. The first-order chi connectivity index (χ1) is 12.4. The molecule has 1 saturated carbocycles. The second kappa shape index (κ2) is 6.25. The lowest BCUT2D eigenvalue weighted by Gasteiger charge is -2.17. The monoisotopic (exact) mass is 349 g/mol. The van der Waals surface area contributed by atoms with Crippen LogP contribution in [0.5, 0.6) is 0 Å². The Morgan fingerprint density at radius 2 is 2.00 bits per heavy atom. The van der Waals surface area contributed by atoms with Gasteiger partial charge in [-0.2, -0.15) is 0 Å². The molecule has 0 atom stereocenters. The van der Waals surface area contributed by atoms with E-state index in [9.17, 15) is 9.90 Å². The number of nitrogens with zero attached hydrogens (tertiary/aromatic N) is 1. The fourth-order valence-electron chi connectivity index (χ4n) is 3.16. The number of pyridine rings is 1. The van der Waals surface area contributed by atoms with Gasteiger partial charge in [0.05, 0.1) is 16.8 Å². The number of nitrogens with one attached hydrogen (secondary N) is 2. The first-order valence-corrected chi connectivity index (χ1v) is 9.01. The van der Waals surface area contributed by atoms with Gasteiger partial charge in [-0.3, -0.25) is 4.79 Å². The number of aromatic nitrogens is 2. The summed E-state index contributed by atoms with van der Waals surface area (Å²) >= 11 is 0. The molecule has 1 aliphatic rings. The van der Waals surface area contributed by atoms with Gasteiger partial charge < -0.3 is 15.4 Å². The molecule has 0 aliphatic heterocycles. The van der Waals surface area contributed by atoms with Crippen molar-refractivity contribution in [3.8, 4) is 0 Å². The topological polar surface area (TPSA) is 78.0 Å². The second-order valence-corrected chi connectivity index (χ2v) is 7.63. The van der Waals surface area contributed by atoms with Gasteiger partial charge in [0, 0.05) is 23.2 Å². The van der Waals surface area contributed by atoms with E-state index in [1.165, 1.54) is 12.8 Å². The van der Waals surface area contributed by atoms with Crippen LogP contribution in [0.25, 0.3) is 10.9 Å². The highest BCUT2D eigenvalue weighted by Crippen LogP contribution is 2.34. The zero-order chi connectivity index (χ0) is 18.3. The fourth-order valence-corrected chi connectivity index (χ4v) is 3.16. The van der Waals surface area contributed by atoms with Crippen LogP contribution in [0.3, 0.4) is 0 Å². The van der Waals surface area contributed by atoms with Gasteiger partial charge in [-0.25, -0.2) is 4.98 Å². The number of amides is 1. The van der Waals surface area contributed by atoms with E-state index in [-0.39, 0.29) is 5.91 Å². The van der Waals surface area contributed by atoms with Crippen LogP contribution in [0.4, 0.5) is 5.82 Å². The summed E-state index contributed by atoms with van der Waals surface area (Å²) in [7, 11) is 0. The number of benzene rings is 1. The molecule has 0 bridgehead atoms. The van der Waals surface area contributed by atoms with Crippen molar-refractivity contribution in [2.24, 2.45) is 5.92 Å². The highest BCUT2D eigenvalue weighted by Gasteiger charge is 2.24. The molecule has 3 aromatic rings. The Morgan fingerprint density at radius 1 is 1.27 bits per heavy atom. The summed E-state index contributed by atoms with van der Waals surface area (Å²) in [6.45, 7) is 3.44. The minimum absolute atomic E-state index is 0.205. The van der Waals surface area contributed by atoms with Crippen LogP contribution in [-0.4, -0.2) is 21.0 Å². The van der Waals surface area contributed by atoms with Crippen molar-refractivity contribution in [2.45, 2.75) is 38.7 Å². The van der Waals surface area contributed by atoms with Gasteiger partial charge in [0.1, 0.15) is 5.82 Å². The number of fused-ring (bicyclic) bond motifs is 1. The lowest BCUT2D eigenvalue weighted by molar-refractivity contribution is 0.0785. The van der Waals surface area contributed by atoms with Crippen LogP contribution in [0, 0.1) is 5.92 Å². The molecular weight excluding hydrogens is 326 g/mol. The number of carbonyl (C=O) groups excluding carboxylic acids is 1. The van der Waals surface area contributed by atoms with E-state index in [1.807, 2.05) is 18.3 Å². The Bertz CT molecular complexity index is 948. The van der Waals surface area contributed by atoms with Gasteiger partial charge in [0.15, 0.2) is 0 Å². The average molecular weight is 349 g/mol. The Kier molecular flexibility index (Phi) is 4.04. The van der Waals surface area contributed by atoms with E-state index in [0.717, 1.165) is 34.5 Å². The van der Waals surface area contributed by atoms with E-state index in [0.29, 0.717) is 11.4 Å². The molecule has 1 aliphatic carbocycles. The molecule has 2 aromatic heterocycles. The molecule has 134 valence electrons. The molecule has 0 radical (unpaired) electrons. The zero-order valence-corrected chi connectivity index (χ0v) is 15.0. The number of aromatic amines is 1. The molecule has 5 nitrogen and oxygen atoms in total. The predicted molar refractivity (Wildman–Crippen MR) is 102 cm³/mol. The van der Waals surface area contributed by atoms with E-state index in [2.05, 4.69) is 15.3 Å². The van der Waals surface area contributed by atoms with Gasteiger partial charge in [-0.05, 0) is 62.8 Å². The fraction of sp³-hybridized carbons (Fsp3) is 0.333. The Hall–Kier alpha value is -2.66. The maximum Gasteiger partial charge on any atom is 0.256 e. The van der Waals surface area contributed by atoms with Crippen molar-refractivity contribution >= 4 is 22.6 Å². The normalized spacial score (nSPS) is 14.6. The second-order valence-electron chi connectivity index (χ2n) is 7.63. The third-order valence-corrected chi connectivity index (χ3v) is 4.90. The molecule has 0 spiro atoms. The number of hydrogen-bond donors (Lipinski definition) is 3. The van der Waals surface area contributed by atoms with Crippen LogP contribution >= 0.6 is 0 Å². The quantitative estimate of drug-likeness (QED) is 0.651. The first kappa shape index (κ1) is 16.8. The SMILES string of the molecule is CC(C)(O)c1ccc(C(=O)Nc2cc3[nH]ccc3c(CC3CC3)n2)cc1. The summed E-state index contributed by atoms with van der Waals surface area (Å²) in [6, 6.07) is 10.9. The predicted octanol–water partition coefficient (Wildman–Crippen LogP) is 4.00. The van der Waals surface area contributed by atoms with Gasteiger partial charge in [-0.1, -0.05) is 12.1 Å². The van der Waals surface area contributed by atoms with Gasteiger partial charge in [0.2, 0.25) is 0 Å². The largest absolute Gasteiger partial charge is 0.386 e. The minimum atomic E-state index is -0.924. The van der Waals surface area contributed by atoms with Crippen LogP contribution in [-0.2, 0) is 12.0 Å². The maximum absolute atomic E-state index is 12.6. The summed E-state index contributed by atoms with van der Waals surface area (Å²) in [6.07, 6.45) is 5.39. The minimum Gasteiger partial charge on any atom is -0.386 e. The van der Waals surface area contributed by atoms with Crippen molar-refractivity contribution in [3.63, 3.8) is 0 Å². The van der Waals surface area contributed by atoms with Crippen LogP contribution < -0.4 is 5.32 Å². The number of rotatable bonds is 5. The van der Waals surface area contributed by atoms with Crippen molar-refractivity contribution < 1.29 is 9.90 Å². The summed E-state index contributed by atoms with van der Waals surface area (Å²) in [5.41, 5.74) is 2.41. The lowest BCUT2D eigenvalue weighted by atomic mass is 9.97. The molecule has 4 rings (SSSR count). The van der Waals surface area contributed by atoms with Gasteiger partial charge >= 0.3 is 0 Å². The van der Waals surface area contributed by atoms with Crippen LogP contribution in [0.2, 0.25) is 0 Å². The summed E-state index contributed by atoms with van der Waals surface area (Å²) < 4.78 is 0. The number of hydrogen-bond acceptors (Lipinski definition) is 3. The third-order valence-electron chi connectivity index (χ3n) is 4.90. The molecule has 0 unspecified atom stereocenters. The molecule has 1 aromatic carbocycles. The van der Waals surface area contributed by atoms with Crippen LogP contribution in [0.1, 0.15) is 48.3 Å². The summed E-state index contributed by atoms with van der Waals surface area (Å²) in [5.74, 6) is 1.08. The van der Waals surface area contributed by atoms with Crippen molar-refractivity contribution in [2.75, 3.05) is 5.32 Å². The van der Waals surface area contributed by atoms with E-state index >= 15 is 0 Å². The Morgan fingerprint density at radius 3 is 2.65 bits per heavy atom. The van der Waals surface area contributed by atoms with Crippen molar-refractivity contribution in [3.05, 3.63) is 59.4 Å². The standard InChI is InChI=1S/C21H23N3O2/c1-21(2,26)15-7-5-14(6-8-15)20(25)24-19-12-17-16(9-10-22-17)18(23-19)11-13-3-4-13/h5-10,12-13,22,26H,3-4,11H2,1-2H3,(H,23,24,25). The number of H-pyrrole nitrogens is 1. The first-order valence-electron chi connectivity index (χ1n) is 9.01. The lowest BCUT2D eigenvalue weighted by Crippen LogP contribution is -2.17. The van der Waals surface area contributed by atoms with E-state index in [1.54, 1.807) is 38.1 Å². The summed E-state index contributed by atoms with van der Waals surface area (Å²) in [5, 5.41) is 14.1. The summed E-state index contributed by atoms with van der Waals surface area (Å²) in [4.78, 5) is 20.5. The molecule has 1 fully saturated rings. The molecule has 5 heteroatoms. The molecule has 26 heavy (non-hydrogen) atoms. The van der Waals surface area contributed by atoms with Crippen LogP contribution in [0.15, 0.2) is 42.6 Å². The van der Waals surface area contributed by atoms with E-state index < -0.39 is 5.60 Å². The van der Waals surface area contributed by atoms with Crippen molar-refractivity contribution in [1.82, 2.24) is 9.97 Å². The molecule has 0 saturated heterocycles. The average Bonchev–Trinajstić information content (AvgIpc) is 3.28. The molecule has 3 N–H and O–H groups in total. The molecular formula is C21H23N3O2. The Balaban J connectivity index is 1.57. The Labute approximate surface area is 152 Å². The molecule has 1 amide bonds. The highest BCUT2D eigenvalue weighted by molar-refractivity contribution is 6.04. The van der Waals surface area contributed by atoms with Crippen molar-refractivity contribution in [1.29, 1.82) is 0 Å². The number of aliphatic hydroxyl groups is 1. The third kappa shape index (κ3) is 3.48. The zero-order valence-electron chi connectivity index (χ0n) is 15.0.